The fraction of sp³-hybridized carbons (Fsp3) is 0.360. The molecule has 1 aliphatic heterocycles. The number of hydrogen-bond acceptors (Lipinski definition) is 5. The number of aromatic amines is 1. The summed E-state index contributed by atoms with van der Waals surface area (Å²) < 4.78 is 10.9. The molecule has 2 heterocycles. The average molecular weight is 470 g/mol. The maximum absolute atomic E-state index is 13.4. The minimum Gasteiger partial charge on any atom is -0.507 e. The third-order valence-electron chi connectivity index (χ3n) is 6.12. The number of benzene rings is 2. The van der Waals surface area contributed by atoms with Crippen molar-refractivity contribution in [1.29, 1.82) is 0 Å². The Balaban J connectivity index is 1.88. The lowest BCUT2D eigenvalue weighted by molar-refractivity contribution is 0.0740. The summed E-state index contributed by atoms with van der Waals surface area (Å²) in [5, 5.41) is 18.5. The number of methoxy groups -OCH3 is 2. The van der Waals surface area contributed by atoms with E-state index in [1.807, 2.05) is 30.0 Å². The summed E-state index contributed by atoms with van der Waals surface area (Å²) in [4.78, 5) is 15.3. The van der Waals surface area contributed by atoms with Crippen molar-refractivity contribution in [2.75, 3.05) is 20.8 Å². The molecule has 1 unspecified atom stereocenters. The number of phenolic OH excluding ortho intramolecular Hbond substituents is 1. The minimum absolute atomic E-state index is 0.0640. The van der Waals surface area contributed by atoms with Crippen LogP contribution in [0.15, 0.2) is 30.3 Å². The first-order chi connectivity index (χ1) is 15.9. The van der Waals surface area contributed by atoms with Gasteiger partial charge in [0.15, 0.2) is 11.5 Å². The highest BCUT2D eigenvalue weighted by molar-refractivity contribution is 6.31. The second-order valence-electron chi connectivity index (χ2n) is 8.20. The van der Waals surface area contributed by atoms with E-state index in [9.17, 15) is 9.90 Å². The van der Waals surface area contributed by atoms with Gasteiger partial charge in [-0.2, -0.15) is 5.10 Å². The molecule has 174 valence electrons. The lowest BCUT2D eigenvalue weighted by Gasteiger charge is -2.27. The van der Waals surface area contributed by atoms with Gasteiger partial charge in [-0.3, -0.25) is 9.89 Å². The normalized spacial score (nSPS) is 15.1. The number of rotatable bonds is 8. The van der Waals surface area contributed by atoms with E-state index >= 15 is 0 Å². The van der Waals surface area contributed by atoms with E-state index in [-0.39, 0.29) is 11.7 Å². The Morgan fingerprint density at radius 2 is 1.91 bits per heavy atom. The number of amides is 1. The number of ether oxygens (including phenoxy) is 2. The molecule has 0 fully saturated rings. The highest BCUT2D eigenvalue weighted by atomic mass is 35.5. The number of fused-ring (bicyclic) bond motifs is 1. The summed E-state index contributed by atoms with van der Waals surface area (Å²) in [6, 6.07) is 8.56. The van der Waals surface area contributed by atoms with E-state index in [1.165, 1.54) is 0 Å². The van der Waals surface area contributed by atoms with E-state index in [1.54, 1.807) is 26.4 Å². The van der Waals surface area contributed by atoms with Gasteiger partial charge in [0, 0.05) is 22.7 Å². The van der Waals surface area contributed by atoms with Crippen molar-refractivity contribution >= 4 is 17.5 Å². The van der Waals surface area contributed by atoms with E-state index in [0.717, 1.165) is 36.0 Å². The highest BCUT2D eigenvalue weighted by Crippen LogP contribution is 2.46. The number of nitrogens with one attached hydrogen (secondary N) is 1. The van der Waals surface area contributed by atoms with Gasteiger partial charge in [0.25, 0.3) is 5.91 Å². The maximum atomic E-state index is 13.4. The molecule has 0 bridgehead atoms. The molecule has 1 amide bonds. The van der Waals surface area contributed by atoms with Crippen LogP contribution in [0.25, 0.3) is 11.3 Å². The Bertz CT molecular complexity index is 1190. The van der Waals surface area contributed by atoms with Gasteiger partial charge in [-0.15, -0.1) is 0 Å². The first-order valence-electron chi connectivity index (χ1n) is 11.0. The summed E-state index contributed by atoms with van der Waals surface area (Å²) in [5.74, 6) is 1.14. The number of unbranched alkanes of at least 4 members (excludes halogenated alkanes) is 2. The summed E-state index contributed by atoms with van der Waals surface area (Å²) >= 11 is 6.36. The zero-order chi connectivity index (χ0) is 23.7. The van der Waals surface area contributed by atoms with E-state index in [0.29, 0.717) is 40.0 Å². The van der Waals surface area contributed by atoms with Crippen LogP contribution in [-0.4, -0.2) is 46.9 Å². The molecule has 1 aliphatic rings. The zero-order valence-corrected chi connectivity index (χ0v) is 20.0. The molecule has 0 saturated carbocycles. The number of carbonyl (C=O) groups excluding carboxylic acids is 1. The Labute approximate surface area is 198 Å². The van der Waals surface area contributed by atoms with Gasteiger partial charge in [0.1, 0.15) is 17.1 Å². The second-order valence-corrected chi connectivity index (χ2v) is 8.61. The number of aromatic nitrogens is 2. The van der Waals surface area contributed by atoms with Crippen LogP contribution in [0.5, 0.6) is 17.2 Å². The molecular weight excluding hydrogens is 442 g/mol. The molecule has 0 aliphatic carbocycles. The van der Waals surface area contributed by atoms with Crippen LogP contribution in [0.3, 0.4) is 0 Å². The molecule has 0 spiro atoms. The third-order valence-corrected chi connectivity index (χ3v) is 6.53. The average Bonchev–Trinajstić information content (AvgIpc) is 3.35. The molecule has 1 atom stereocenters. The predicted molar refractivity (Wildman–Crippen MR) is 127 cm³/mol. The number of halogens is 1. The minimum atomic E-state index is -0.391. The van der Waals surface area contributed by atoms with Crippen molar-refractivity contribution in [3.63, 3.8) is 0 Å². The van der Waals surface area contributed by atoms with Gasteiger partial charge < -0.3 is 19.5 Å². The van der Waals surface area contributed by atoms with Crippen LogP contribution >= 0.6 is 11.6 Å². The van der Waals surface area contributed by atoms with Gasteiger partial charge in [-0.25, -0.2) is 0 Å². The van der Waals surface area contributed by atoms with Crippen LogP contribution in [0.1, 0.15) is 59.4 Å². The Hall–Kier alpha value is -3.19. The van der Waals surface area contributed by atoms with Gasteiger partial charge in [0.2, 0.25) is 0 Å². The second kappa shape index (κ2) is 9.35. The number of H-pyrrole nitrogens is 1. The largest absolute Gasteiger partial charge is 0.507 e. The molecule has 1 aromatic heterocycles. The molecule has 0 radical (unpaired) electrons. The smallest absolute Gasteiger partial charge is 0.273 e. The molecule has 7 nitrogen and oxygen atoms in total. The first-order valence-corrected chi connectivity index (χ1v) is 11.4. The number of hydrogen-bond donors (Lipinski definition) is 2. The fourth-order valence-corrected chi connectivity index (χ4v) is 4.55. The number of phenols is 1. The summed E-state index contributed by atoms with van der Waals surface area (Å²) in [6.45, 7) is 4.56. The van der Waals surface area contributed by atoms with Gasteiger partial charge in [-0.1, -0.05) is 37.4 Å². The standard InChI is InChI=1S/C25H28ClN3O4/c1-5-6-7-10-29-24(15-8-9-19(32-3)20(12-15)33-4)21-22(27-28-23(21)25(29)31)16-13-17(26)14(2)11-18(16)30/h8-9,11-13,24,30H,5-7,10H2,1-4H3,(H,27,28). The quantitative estimate of drug-likeness (QED) is 0.425. The molecule has 33 heavy (non-hydrogen) atoms. The molecule has 2 aromatic carbocycles. The van der Waals surface area contributed by atoms with Crippen molar-refractivity contribution in [1.82, 2.24) is 15.1 Å². The topological polar surface area (TPSA) is 87.7 Å². The van der Waals surface area contributed by atoms with E-state index in [4.69, 9.17) is 21.1 Å². The monoisotopic (exact) mass is 469 g/mol. The number of aromatic hydroxyl groups is 1. The van der Waals surface area contributed by atoms with Crippen molar-refractivity contribution in [3.05, 3.63) is 57.7 Å². The third kappa shape index (κ3) is 4.02. The Morgan fingerprint density at radius 3 is 2.61 bits per heavy atom. The molecular formula is C25H28ClN3O4. The maximum Gasteiger partial charge on any atom is 0.273 e. The lowest BCUT2D eigenvalue weighted by Crippen LogP contribution is -2.30. The summed E-state index contributed by atoms with van der Waals surface area (Å²) in [5.41, 5.74) is 3.78. The van der Waals surface area contributed by atoms with Crippen LogP contribution in [-0.2, 0) is 0 Å². The number of aryl methyl sites for hydroxylation is 1. The van der Waals surface area contributed by atoms with Crippen molar-refractivity contribution in [3.8, 4) is 28.5 Å². The van der Waals surface area contributed by atoms with Gasteiger partial charge in [-0.05, 0) is 48.7 Å². The van der Waals surface area contributed by atoms with Gasteiger partial charge in [0.05, 0.1) is 20.3 Å². The summed E-state index contributed by atoms with van der Waals surface area (Å²) in [6.07, 6.45) is 2.97. The van der Waals surface area contributed by atoms with Crippen LogP contribution < -0.4 is 9.47 Å². The van der Waals surface area contributed by atoms with Crippen LogP contribution in [0.2, 0.25) is 5.02 Å². The lowest BCUT2D eigenvalue weighted by atomic mass is 9.95. The van der Waals surface area contributed by atoms with Crippen molar-refractivity contribution in [2.24, 2.45) is 0 Å². The zero-order valence-electron chi connectivity index (χ0n) is 19.2. The number of carbonyl (C=O) groups is 1. The first kappa shape index (κ1) is 23.0. The highest BCUT2D eigenvalue weighted by Gasteiger charge is 2.42. The van der Waals surface area contributed by atoms with E-state index < -0.39 is 6.04 Å². The van der Waals surface area contributed by atoms with E-state index in [2.05, 4.69) is 17.1 Å². The van der Waals surface area contributed by atoms with Crippen LogP contribution in [0, 0.1) is 6.92 Å². The Morgan fingerprint density at radius 1 is 1.15 bits per heavy atom. The van der Waals surface area contributed by atoms with Crippen LogP contribution in [0.4, 0.5) is 0 Å². The van der Waals surface area contributed by atoms with Crippen molar-refractivity contribution in [2.45, 2.75) is 39.2 Å². The fourth-order valence-electron chi connectivity index (χ4n) is 4.39. The SMILES string of the molecule is CCCCCN1C(=O)c2[nH]nc(-c3cc(Cl)c(C)cc3O)c2C1c1ccc(OC)c(OC)c1. The molecule has 2 N–H and O–H groups in total. The Kier molecular flexibility index (Phi) is 6.51. The van der Waals surface area contributed by atoms with Gasteiger partial charge >= 0.3 is 0 Å². The molecule has 0 saturated heterocycles. The molecule has 8 heteroatoms. The molecule has 4 rings (SSSR count). The van der Waals surface area contributed by atoms with Crippen molar-refractivity contribution < 1.29 is 19.4 Å². The summed E-state index contributed by atoms with van der Waals surface area (Å²) in [7, 11) is 3.17. The molecule has 3 aromatic rings. The predicted octanol–water partition coefficient (Wildman–Crippen LogP) is 5.50. The number of nitrogens with zero attached hydrogens (tertiary/aromatic N) is 2.